The molecule has 3 aromatic heterocycles. The number of anilines is 2. The predicted octanol–water partition coefficient (Wildman–Crippen LogP) is 7.33. The fourth-order valence-corrected chi connectivity index (χ4v) is 9.30. The molecule has 0 radical (unpaired) electrons. The number of aromatic amines is 1. The molecule has 0 spiro atoms. The zero-order chi connectivity index (χ0) is 43.8. The summed E-state index contributed by atoms with van der Waals surface area (Å²) in [7, 11) is 0. The zero-order valence-electron chi connectivity index (χ0n) is 36.8. The van der Waals surface area contributed by atoms with Gasteiger partial charge in [-0.15, -0.1) is 0 Å². The highest BCUT2D eigenvalue weighted by atomic mass is 16.5. The number of H-pyrrole nitrogens is 1. The number of rotatable bonds is 10. The van der Waals surface area contributed by atoms with Crippen molar-refractivity contribution in [3.8, 4) is 22.5 Å². The summed E-state index contributed by atoms with van der Waals surface area (Å²) in [6.45, 7) is 17.2. The van der Waals surface area contributed by atoms with Crippen molar-refractivity contribution >= 4 is 40.1 Å². The molecule has 14 heteroatoms. The Morgan fingerprint density at radius 3 is 2.21 bits per heavy atom. The standard InChI is InChI=1S/C49H56N10O4/c1-30-26-35(10-15-38(30)31(2)52-46(62)47-55-48(56-63-47)49(3,4)5)43-40-27-41(53-44(40)51-29-50-43)34-8-13-37(14-9-34)59-24-22-57(23-25-59)28-32-18-20-58(21-19-32)36-11-6-33(7-12-36)39-16-17-42(60)54-45(39)61/h6-15,26-27,29,31-32,39H,16-25,28H2,1-5H3,(H,52,62)(H,50,51,53)(H,54,60,61). The minimum absolute atomic E-state index is 0.0447. The van der Waals surface area contributed by atoms with Crippen LogP contribution in [0.3, 0.4) is 0 Å². The van der Waals surface area contributed by atoms with E-state index in [0.717, 1.165) is 96.1 Å². The number of imide groups is 1. The van der Waals surface area contributed by atoms with Crippen molar-refractivity contribution in [3.05, 3.63) is 108 Å². The summed E-state index contributed by atoms with van der Waals surface area (Å²) in [5, 5.41) is 10.4. The molecule has 3 aromatic carbocycles. The maximum Gasteiger partial charge on any atom is 0.315 e. The molecule has 14 nitrogen and oxygen atoms in total. The van der Waals surface area contributed by atoms with Crippen LogP contribution in [0.25, 0.3) is 33.5 Å². The molecule has 6 heterocycles. The number of piperidine rings is 2. The van der Waals surface area contributed by atoms with Crippen LogP contribution in [0.1, 0.15) is 98.5 Å². The molecular formula is C49H56N10O4. The summed E-state index contributed by atoms with van der Waals surface area (Å²) < 4.78 is 5.25. The number of aromatic nitrogens is 5. The van der Waals surface area contributed by atoms with E-state index in [0.29, 0.717) is 24.6 Å². The molecular weight excluding hydrogens is 793 g/mol. The number of amides is 3. The molecule has 3 N–H and O–H groups in total. The Morgan fingerprint density at radius 2 is 1.54 bits per heavy atom. The van der Waals surface area contributed by atoms with Crippen molar-refractivity contribution < 1.29 is 18.9 Å². The first-order valence-corrected chi connectivity index (χ1v) is 22.2. The van der Waals surface area contributed by atoms with Crippen LogP contribution in [-0.2, 0) is 15.0 Å². The molecule has 0 aliphatic carbocycles. The minimum Gasteiger partial charge on any atom is -0.372 e. The molecule has 3 fully saturated rings. The van der Waals surface area contributed by atoms with Crippen molar-refractivity contribution in [1.82, 2.24) is 40.6 Å². The fourth-order valence-electron chi connectivity index (χ4n) is 9.30. The molecule has 3 saturated heterocycles. The van der Waals surface area contributed by atoms with Crippen molar-refractivity contribution in [3.63, 3.8) is 0 Å². The van der Waals surface area contributed by atoms with E-state index >= 15 is 0 Å². The van der Waals surface area contributed by atoms with Crippen molar-refractivity contribution in [1.29, 1.82) is 0 Å². The van der Waals surface area contributed by atoms with Crippen LogP contribution in [0.4, 0.5) is 11.4 Å². The van der Waals surface area contributed by atoms with Crippen LogP contribution >= 0.6 is 0 Å². The lowest BCUT2D eigenvalue weighted by atomic mass is 9.90. The highest BCUT2D eigenvalue weighted by molar-refractivity contribution is 6.01. The van der Waals surface area contributed by atoms with E-state index < -0.39 is 5.91 Å². The number of hydrogen-bond donors (Lipinski definition) is 3. The monoisotopic (exact) mass is 848 g/mol. The summed E-state index contributed by atoms with van der Waals surface area (Å²) in [4.78, 5) is 61.5. The summed E-state index contributed by atoms with van der Waals surface area (Å²) in [6, 6.07) is 25.2. The van der Waals surface area contributed by atoms with Gasteiger partial charge >= 0.3 is 11.8 Å². The zero-order valence-corrected chi connectivity index (χ0v) is 36.8. The third kappa shape index (κ3) is 9.08. The van der Waals surface area contributed by atoms with Gasteiger partial charge in [0.05, 0.1) is 17.7 Å². The molecule has 3 amide bonds. The molecule has 3 aliphatic heterocycles. The Labute approximate surface area is 367 Å². The van der Waals surface area contributed by atoms with Gasteiger partial charge in [-0.3, -0.25) is 24.6 Å². The molecule has 0 saturated carbocycles. The lowest BCUT2D eigenvalue weighted by Crippen LogP contribution is -2.49. The summed E-state index contributed by atoms with van der Waals surface area (Å²) in [5.41, 5.74) is 9.77. The summed E-state index contributed by atoms with van der Waals surface area (Å²) in [5.74, 6) is 0.128. The van der Waals surface area contributed by atoms with Crippen molar-refractivity contribution in [2.45, 2.75) is 77.7 Å². The van der Waals surface area contributed by atoms with E-state index in [2.05, 4.69) is 106 Å². The van der Waals surface area contributed by atoms with Crippen LogP contribution in [-0.4, -0.2) is 93.5 Å². The first-order chi connectivity index (χ1) is 30.4. The molecule has 0 bridgehead atoms. The molecule has 63 heavy (non-hydrogen) atoms. The Kier molecular flexibility index (Phi) is 11.6. The predicted molar refractivity (Wildman–Crippen MR) is 244 cm³/mol. The van der Waals surface area contributed by atoms with E-state index in [1.807, 2.05) is 46.8 Å². The van der Waals surface area contributed by atoms with Gasteiger partial charge in [0.15, 0.2) is 5.82 Å². The van der Waals surface area contributed by atoms with Gasteiger partial charge in [-0.2, -0.15) is 4.98 Å². The van der Waals surface area contributed by atoms with Gasteiger partial charge in [-0.25, -0.2) is 9.97 Å². The molecule has 2 unspecified atom stereocenters. The fraction of sp³-hybridized carbons (Fsp3) is 0.408. The molecule has 9 rings (SSSR count). The van der Waals surface area contributed by atoms with E-state index in [1.165, 1.54) is 24.2 Å². The third-order valence-corrected chi connectivity index (χ3v) is 13.0. The molecule has 6 aromatic rings. The maximum absolute atomic E-state index is 12.9. The third-order valence-electron chi connectivity index (χ3n) is 13.0. The van der Waals surface area contributed by atoms with Crippen molar-refractivity contribution in [2.24, 2.45) is 5.92 Å². The molecule has 2 atom stereocenters. The van der Waals surface area contributed by atoms with Crippen LogP contribution in [0, 0.1) is 12.8 Å². The maximum atomic E-state index is 12.9. The number of aryl methyl sites for hydroxylation is 1. The Bertz CT molecular complexity index is 2610. The van der Waals surface area contributed by atoms with Gasteiger partial charge in [-0.1, -0.05) is 62.3 Å². The van der Waals surface area contributed by atoms with E-state index in [4.69, 9.17) is 9.51 Å². The second kappa shape index (κ2) is 17.4. The summed E-state index contributed by atoms with van der Waals surface area (Å²) in [6.07, 6.45) is 4.92. The van der Waals surface area contributed by atoms with E-state index in [-0.39, 0.29) is 35.1 Å². The van der Waals surface area contributed by atoms with Gasteiger partial charge in [0.25, 0.3) is 0 Å². The second-order valence-electron chi connectivity index (χ2n) is 18.5. The first kappa shape index (κ1) is 41.9. The average Bonchev–Trinajstić information content (AvgIpc) is 3.97. The van der Waals surface area contributed by atoms with Crippen molar-refractivity contribution in [2.75, 3.05) is 55.6 Å². The quantitative estimate of drug-likeness (QED) is 0.118. The first-order valence-electron chi connectivity index (χ1n) is 22.2. The Balaban J connectivity index is 0.768. The summed E-state index contributed by atoms with van der Waals surface area (Å²) >= 11 is 0. The number of benzene rings is 3. The van der Waals surface area contributed by atoms with Gasteiger partial charge in [-0.05, 0) is 97.7 Å². The Hall–Kier alpha value is -6.41. The van der Waals surface area contributed by atoms with E-state index in [1.54, 1.807) is 6.33 Å². The van der Waals surface area contributed by atoms with Gasteiger partial charge in [0, 0.05) is 85.7 Å². The average molecular weight is 849 g/mol. The number of piperazine rings is 1. The van der Waals surface area contributed by atoms with Crippen LogP contribution in [0.15, 0.2) is 83.6 Å². The lowest BCUT2D eigenvalue weighted by molar-refractivity contribution is -0.134. The van der Waals surface area contributed by atoms with Crippen LogP contribution in [0.5, 0.6) is 0 Å². The normalized spacial score (nSPS) is 18.5. The van der Waals surface area contributed by atoms with Gasteiger partial charge in [0.2, 0.25) is 11.8 Å². The number of carbonyl (C=O) groups excluding carboxylic acids is 3. The van der Waals surface area contributed by atoms with Gasteiger partial charge in [0.1, 0.15) is 12.0 Å². The largest absolute Gasteiger partial charge is 0.372 e. The number of fused-ring (bicyclic) bond motifs is 1. The number of nitrogens with one attached hydrogen (secondary N) is 3. The van der Waals surface area contributed by atoms with Gasteiger partial charge < -0.3 is 24.6 Å². The second-order valence-corrected chi connectivity index (χ2v) is 18.5. The van der Waals surface area contributed by atoms with Crippen LogP contribution < -0.4 is 20.4 Å². The van der Waals surface area contributed by atoms with Crippen LogP contribution in [0.2, 0.25) is 0 Å². The number of nitrogens with zero attached hydrogens (tertiary/aromatic N) is 7. The SMILES string of the molecule is Cc1cc(-c2ncnc3[nH]c(-c4ccc(N5CCN(CC6CCN(c7ccc(C8CCC(=O)NC8=O)cc7)CC6)CC5)cc4)cc23)ccc1C(C)NC(=O)c1nc(C(C)(C)C)no1. The highest BCUT2D eigenvalue weighted by Gasteiger charge is 2.29. The number of hydrogen-bond acceptors (Lipinski definition) is 11. The highest BCUT2D eigenvalue weighted by Crippen LogP contribution is 2.34. The molecule has 3 aliphatic rings. The smallest absolute Gasteiger partial charge is 0.315 e. The minimum atomic E-state index is -0.405. The number of carbonyl (C=O) groups is 3. The topological polar surface area (TPSA) is 165 Å². The molecule has 326 valence electrons. The Morgan fingerprint density at radius 1 is 0.857 bits per heavy atom. The van der Waals surface area contributed by atoms with E-state index in [9.17, 15) is 14.4 Å². The lowest BCUT2D eigenvalue weighted by Gasteiger charge is -2.40.